The van der Waals surface area contributed by atoms with Gasteiger partial charge in [0.2, 0.25) is 0 Å². The van der Waals surface area contributed by atoms with E-state index >= 15 is 0 Å². The standard InChI is InChI=1S/C10H13N3.C2H6/c1-7(2)13-10-4-8(3)11-5-9(10)6-12-13;1-2/h4-7H,1-3H3;1-2H3. The topological polar surface area (TPSA) is 30.7 Å². The summed E-state index contributed by atoms with van der Waals surface area (Å²) in [6, 6.07) is 2.47. The van der Waals surface area contributed by atoms with Crippen molar-refractivity contribution in [2.45, 2.75) is 40.7 Å². The van der Waals surface area contributed by atoms with Gasteiger partial charge < -0.3 is 0 Å². The lowest BCUT2D eigenvalue weighted by Crippen LogP contribution is -2.02. The molecule has 0 unspecified atom stereocenters. The van der Waals surface area contributed by atoms with Crippen molar-refractivity contribution in [1.29, 1.82) is 0 Å². The normalized spacial score (nSPS) is 10.3. The van der Waals surface area contributed by atoms with Gasteiger partial charge in [-0.15, -0.1) is 0 Å². The van der Waals surface area contributed by atoms with Crippen LogP contribution in [0, 0.1) is 6.92 Å². The fourth-order valence-corrected chi connectivity index (χ4v) is 1.45. The van der Waals surface area contributed by atoms with E-state index in [4.69, 9.17) is 0 Å². The molecule has 0 spiro atoms. The van der Waals surface area contributed by atoms with Crippen LogP contribution >= 0.6 is 0 Å². The molecule has 2 aromatic heterocycles. The van der Waals surface area contributed by atoms with E-state index in [1.165, 1.54) is 5.52 Å². The zero-order valence-corrected chi connectivity index (χ0v) is 10.2. The van der Waals surface area contributed by atoms with Gasteiger partial charge in [-0.1, -0.05) is 13.8 Å². The molecule has 0 aliphatic rings. The molecule has 0 saturated carbocycles. The van der Waals surface area contributed by atoms with E-state index in [-0.39, 0.29) is 0 Å². The number of nitrogens with zero attached hydrogens (tertiary/aromatic N) is 3. The fourth-order valence-electron chi connectivity index (χ4n) is 1.45. The minimum atomic E-state index is 0.402. The summed E-state index contributed by atoms with van der Waals surface area (Å²) in [5, 5.41) is 5.42. The van der Waals surface area contributed by atoms with E-state index in [9.17, 15) is 0 Å². The molecule has 0 saturated heterocycles. The van der Waals surface area contributed by atoms with Crippen LogP contribution in [-0.4, -0.2) is 14.8 Å². The van der Waals surface area contributed by atoms with Crippen molar-refractivity contribution in [3.05, 3.63) is 24.2 Å². The highest BCUT2D eigenvalue weighted by Crippen LogP contribution is 2.16. The molecule has 2 rings (SSSR count). The first-order valence-electron chi connectivity index (χ1n) is 5.48. The highest BCUT2D eigenvalue weighted by atomic mass is 15.3. The summed E-state index contributed by atoms with van der Waals surface area (Å²) >= 11 is 0. The molecule has 2 heterocycles. The van der Waals surface area contributed by atoms with Crippen LogP contribution in [0.3, 0.4) is 0 Å². The van der Waals surface area contributed by atoms with Crippen molar-refractivity contribution in [3.8, 4) is 0 Å². The summed E-state index contributed by atoms with van der Waals surface area (Å²) in [4.78, 5) is 4.23. The monoisotopic (exact) mass is 205 g/mol. The molecular weight excluding hydrogens is 186 g/mol. The molecule has 82 valence electrons. The van der Waals surface area contributed by atoms with Gasteiger partial charge in [-0.2, -0.15) is 5.10 Å². The summed E-state index contributed by atoms with van der Waals surface area (Å²) in [6.45, 7) is 10.3. The van der Waals surface area contributed by atoms with Gasteiger partial charge in [-0.05, 0) is 26.8 Å². The Morgan fingerprint density at radius 1 is 1.20 bits per heavy atom. The predicted molar refractivity (Wildman–Crippen MR) is 64.0 cm³/mol. The third kappa shape index (κ3) is 2.35. The maximum absolute atomic E-state index is 4.31. The molecule has 0 aromatic carbocycles. The lowest BCUT2D eigenvalue weighted by molar-refractivity contribution is 0.550. The summed E-state index contributed by atoms with van der Waals surface area (Å²) < 4.78 is 2.02. The summed E-state index contributed by atoms with van der Waals surface area (Å²) in [5.41, 5.74) is 2.21. The Kier molecular flexibility index (Phi) is 3.83. The Morgan fingerprint density at radius 3 is 2.47 bits per heavy atom. The van der Waals surface area contributed by atoms with Crippen LogP contribution in [0.2, 0.25) is 0 Å². The molecule has 0 aliphatic carbocycles. The average Bonchev–Trinajstić information content (AvgIpc) is 2.63. The Bertz CT molecular complexity index is 429. The molecular formula is C12H19N3. The first-order chi connectivity index (χ1) is 7.18. The van der Waals surface area contributed by atoms with Crippen LogP contribution in [0.1, 0.15) is 39.4 Å². The zero-order valence-electron chi connectivity index (χ0n) is 10.2. The van der Waals surface area contributed by atoms with Crippen molar-refractivity contribution in [3.63, 3.8) is 0 Å². The van der Waals surface area contributed by atoms with Gasteiger partial charge in [-0.3, -0.25) is 9.67 Å². The molecule has 0 atom stereocenters. The predicted octanol–water partition coefficient (Wildman–Crippen LogP) is 3.35. The first-order valence-corrected chi connectivity index (χ1v) is 5.48. The van der Waals surface area contributed by atoms with Gasteiger partial charge in [0, 0.05) is 23.3 Å². The number of aryl methyl sites for hydroxylation is 1. The molecule has 0 N–H and O–H groups in total. The first kappa shape index (κ1) is 11.7. The van der Waals surface area contributed by atoms with Crippen LogP contribution < -0.4 is 0 Å². The zero-order chi connectivity index (χ0) is 11.4. The van der Waals surface area contributed by atoms with Crippen molar-refractivity contribution in [2.24, 2.45) is 0 Å². The summed E-state index contributed by atoms with van der Waals surface area (Å²) in [6.07, 6.45) is 3.73. The summed E-state index contributed by atoms with van der Waals surface area (Å²) in [7, 11) is 0. The minimum Gasteiger partial charge on any atom is -0.262 e. The van der Waals surface area contributed by atoms with E-state index in [0.717, 1.165) is 11.1 Å². The average molecular weight is 205 g/mol. The molecule has 3 nitrogen and oxygen atoms in total. The van der Waals surface area contributed by atoms with Crippen LogP contribution in [0.25, 0.3) is 10.9 Å². The largest absolute Gasteiger partial charge is 0.262 e. The van der Waals surface area contributed by atoms with Crippen molar-refractivity contribution in [1.82, 2.24) is 14.8 Å². The number of hydrogen-bond acceptors (Lipinski definition) is 2. The molecule has 0 aliphatic heterocycles. The van der Waals surface area contributed by atoms with Crippen molar-refractivity contribution >= 4 is 10.9 Å². The summed E-state index contributed by atoms with van der Waals surface area (Å²) in [5.74, 6) is 0. The molecule has 0 amide bonds. The van der Waals surface area contributed by atoms with Crippen LogP contribution in [0.4, 0.5) is 0 Å². The van der Waals surface area contributed by atoms with Crippen LogP contribution in [0.5, 0.6) is 0 Å². The Labute approximate surface area is 91.1 Å². The second kappa shape index (κ2) is 4.91. The second-order valence-electron chi connectivity index (χ2n) is 3.57. The van der Waals surface area contributed by atoms with Gasteiger partial charge in [0.25, 0.3) is 0 Å². The SMILES string of the molecule is CC.Cc1cc2c(cn1)cnn2C(C)C. The Hall–Kier alpha value is -1.38. The third-order valence-corrected chi connectivity index (χ3v) is 2.11. The van der Waals surface area contributed by atoms with Gasteiger partial charge in [-0.25, -0.2) is 0 Å². The third-order valence-electron chi connectivity index (χ3n) is 2.11. The molecule has 0 fully saturated rings. The molecule has 0 bridgehead atoms. The van der Waals surface area contributed by atoms with Crippen molar-refractivity contribution in [2.75, 3.05) is 0 Å². The number of rotatable bonds is 1. The highest BCUT2D eigenvalue weighted by molar-refractivity contribution is 5.77. The maximum atomic E-state index is 4.31. The van der Waals surface area contributed by atoms with Gasteiger partial charge >= 0.3 is 0 Å². The van der Waals surface area contributed by atoms with Crippen LogP contribution in [-0.2, 0) is 0 Å². The van der Waals surface area contributed by atoms with E-state index < -0.39 is 0 Å². The van der Waals surface area contributed by atoms with E-state index in [1.807, 2.05) is 37.8 Å². The number of fused-ring (bicyclic) bond motifs is 1. The van der Waals surface area contributed by atoms with Gasteiger partial charge in [0.15, 0.2) is 0 Å². The molecule has 2 aromatic rings. The number of pyridine rings is 1. The highest BCUT2D eigenvalue weighted by Gasteiger charge is 2.05. The lowest BCUT2D eigenvalue weighted by Gasteiger charge is -2.06. The van der Waals surface area contributed by atoms with Gasteiger partial charge in [0.1, 0.15) is 0 Å². The fraction of sp³-hybridized carbons (Fsp3) is 0.500. The molecule has 15 heavy (non-hydrogen) atoms. The van der Waals surface area contributed by atoms with E-state index in [0.29, 0.717) is 6.04 Å². The second-order valence-corrected chi connectivity index (χ2v) is 3.57. The maximum Gasteiger partial charge on any atom is 0.0719 e. The van der Waals surface area contributed by atoms with Crippen LogP contribution in [0.15, 0.2) is 18.5 Å². The smallest absolute Gasteiger partial charge is 0.0719 e. The lowest BCUT2D eigenvalue weighted by atomic mass is 10.3. The molecule has 0 radical (unpaired) electrons. The van der Waals surface area contributed by atoms with Gasteiger partial charge in [0.05, 0.1) is 11.7 Å². The number of hydrogen-bond donors (Lipinski definition) is 0. The quantitative estimate of drug-likeness (QED) is 0.714. The van der Waals surface area contributed by atoms with E-state index in [1.54, 1.807) is 0 Å². The molecule has 3 heteroatoms. The Balaban J connectivity index is 0.000000531. The van der Waals surface area contributed by atoms with E-state index in [2.05, 4.69) is 30.0 Å². The minimum absolute atomic E-state index is 0.402. The number of aromatic nitrogens is 3. The van der Waals surface area contributed by atoms with Crippen molar-refractivity contribution < 1.29 is 0 Å². The Morgan fingerprint density at radius 2 is 1.87 bits per heavy atom.